The van der Waals surface area contributed by atoms with Crippen LogP contribution >= 0.6 is 0 Å². The summed E-state index contributed by atoms with van der Waals surface area (Å²) >= 11 is 0. The summed E-state index contributed by atoms with van der Waals surface area (Å²) in [6.07, 6.45) is 4.16. The number of fused-ring (bicyclic) bond motifs is 2. The number of piperazine rings is 1. The Labute approximate surface area is 204 Å². The third kappa shape index (κ3) is 4.23. The Bertz CT molecular complexity index is 1310. The number of aromatic nitrogens is 3. The average Bonchev–Trinajstić information content (AvgIpc) is 2.91. The number of nitriles is 1. The highest BCUT2D eigenvalue weighted by Gasteiger charge is 2.33. The van der Waals surface area contributed by atoms with Crippen LogP contribution in [0.4, 0.5) is 11.5 Å². The van der Waals surface area contributed by atoms with Gasteiger partial charge in [0.1, 0.15) is 5.82 Å². The van der Waals surface area contributed by atoms with Gasteiger partial charge in [0.25, 0.3) is 0 Å². The molecular formula is C26H27N7O2. The van der Waals surface area contributed by atoms with E-state index < -0.39 is 0 Å². The summed E-state index contributed by atoms with van der Waals surface area (Å²) in [5.41, 5.74) is 4.07. The number of hydrogen-bond acceptors (Lipinski definition) is 8. The molecule has 2 aromatic heterocycles. The number of ether oxygens (including phenoxy) is 1. The molecule has 1 saturated heterocycles. The lowest BCUT2D eigenvalue weighted by Gasteiger charge is -2.42. The highest BCUT2D eigenvalue weighted by atomic mass is 16.5. The summed E-state index contributed by atoms with van der Waals surface area (Å²) in [6.45, 7) is 6.68. The number of anilines is 2. The lowest BCUT2D eigenvalue weighted by atomic mass is 10.0. The first-order valence-corrected chi connectivity index (χ1v) is 11.7. The SMILES string of the molecule is C=CC(=O)N1CCN(c2nc(OC)nc3c2CCN(c2cccc4cccnc24)C3)CC1CC#N. The second kappa shape index (κ2) is 9.58. The fourth-order valence-corrected chi connectivity index (χ4v) is 5.03. The highest BCUT2D eigenvalue weighted by Crippen LogP contribution is 2.34. The molecule has 0 bridgehead atoms. The van der Waals surface area contributed by atoms with Crippen LogP contribution in [0, 0.1) is 11.3 Å². The normalized spacial score (nSPS) is 17.6. The van der Waals surface area contributed by atoms with Crippen molar-refractivity contribution < 1.29 is 9.53 Å². The summed E-state index contributed by atoms with van der Waals surface area (Å²) in [4.78, 5) is 32.5. The Kier molecular flexibility index (Phi) is 6.19. The first kappa shape index (κ1) is 22.6. The number of rotatable bonds is 5. The molecule has 2 aliphatic heterocycles. The van der Waals surface area contributed by atoms with Gasteiger partial charge in [-0.1, -0.05) is 24.8 Å². The second-order valence-electron chi connectivity index (χ2n) is 8.68. The maximum Gasteiger partial charge on any atom is 0.318 e. The Morgan fingerprint density at radius 2 is 2.09 bits per heavy atom. The van der Waals surface area contributed by atoms with Gasteiger partial charge in [-0.3, -0.25) is 9.78 Å². The Morgan fingerprint density at radius 3 is 2.89 bits per heavy atom. The first-order valence-electron chi connectivity index (χ1n) is 11.7. The van der Waals surface area contributed by atoms with Crippen LogP contribution in [0.25, 0.3) is 10.9 Å². The topological polar surface area (TPSA) is 98.5 Å². The highest BCUT2D eigenvalue weighted by molar-refractivity contribution is 5.91. The van der Waals surface area contributed by atoms with Crippen LogP contribution in [0.1, 0.15) is 17.7 Å². The van der Waals surface area contributed by atoms with Gasteiger partial charge in [0.15, 0.2) is 0 Å². The molecule has 9 heteroatoms. The van der Waals surface area contributed by atoms with E-state index in [1.807, 2.05) is 12.3 Å². The van der Waals surface area contributed by atoms with Gasteiger partial charge in [-0.25, -0.2) is 0 Å². The third-order valence-electron chi connectivity index (χ3n) is 6.72. The van der Waals surface area contributed by atoms with Gasteiger partial charge >= 0.3 is 6.01 Å². The van der Waals surface area contributed by atoms with Gasteiger partial charge in [0.2, 0.25) is 5.91 Å². The van der Waals surface area contributed by atoms with Crippen molar-refractivity contribution in [1.29, 1.82) is 5.26 Å². The molecular weight excluding hydrogens is 442 g/mol. The molecule has 1 fully saturated rings. The molecule has 0 N–H and O–H groups in total. The quantitative estimate of drug-likeness (QED) is 0.526. The number of benzene rings is 1. The van der Waals surface area contributed by atoms with Crippen molar-refractivity contribution in [1.82, 2.24) is 19.9 Å². The van der Waals surface area contributed by atoms with Gasteiger partial charge in [0, 0.05) is 43.3 Å². The van der Waals surface area contributed by atoms with Crippen LogP contribution in [0.15, 0.2) is 49.2 Å². The minimum absolute atomic E-state index is 0.147. The second-order valence-corrected chi connectivity index (χ2v) is 8.68. The van der Waals surface area contributed by atoms with Gasteiger partial charge in [-0.05, 0) is 24.6 Å². The minimum atomic E-state index is -0.224. The van der Waals surface area contributed by atoms with E-state index in [-0.39, 0.29) is 18.4 Å². The van der Waals surface area contributed by atoms with Gasteiger partial charge in [0.05, 0.1) is 49.1 Å². The number of hydrogen-bond donors (Lipinski definition) is 0. The van der Waals surface area contributed by atoms with Crippen LogP contribution in [-0.4, -0.2) is 65.1 Å². The zero-order valence-electron chi connectivity index (χ0n) is 19.7. The van der Waals surface area contributed by atoms with Crippen molar-refractivity contribution in [2.24, 2.45) is 0 Å². The Morgan fingerprint density at radius 1 is 1.23 bits per heavy atom. The molecule has 1 unspecified atom stereocenters. The molecule has 1 aromatic carbocycles. The molecule has 3 aromatic rings. The van der Waals surface area contributed by atoms with Crippen LogP contribution in [0.3, 0.4) is 0 Å². The zero-order valence-corrected chi connectivity index (χ0v) is 19.7. The maximum atomic E-state index is 12.3. The number of amides is 1. The van der Waals surface area contributed by atoms with E-state index in [1.54, 1.807) is 12.0 Å². The molecule has 5 rings (SSSR count). The maximum absolute atomic E-state index is 12.3. The number of carbonyl (C=O) groups excluding carboxylic acids is 1. The van der Waals surface area contributed by atoms with E-state index >= 15 is 0 Å². The molecule has 178 valence electrons. The van der Waals surface area contributed by atoms with Crippen LogP contribution in [-0.2, 0) is 17.8 Å². The van der Waals surface area contributed by atoms with Crippen LogP contribution in [0.5, 0.6) is 6.01 Å². The Hall–Kier alpha value is -4.19. The number of methoxy groups -OCH3 is 1. The van der Waals surface area contributed by atoms with Crippen molar-refractivity contribution >= 4 is 28.3 Å². The molecule has 0 aliphatic carbocycles. The van der Waals surface area contributed by atoms with Crippen molar-refractivity contribution in [3.8, 4) is 12.1 Å². The summed E-state index contributed by atoms with van der Waals surface area (Å²) < 4.78 is 5.46. The van der Waals surface area contributed by atoms with Crippen LogP contribution < -0.4 is 14.5 Å². The predicted molar refractivity (Wildman–Crippen MR) is 133 cm³/mol. The zero-order chi connectivity index (χ0) is 24.4. The van der Waals surface area contributed by atoms with E-state index in [0.29, 0.717) is 32.2 Å². The predicted octanol–water partition coefficient (Wildman–Crippen LogP) is 2.71. The summed E-state index contributed by atoms with van der Waals surface area (Å²) in [7, 11) is 1.57. The molecule has 4 heterocycles. The summed E-state index contributed by atoms with van der Waals surface area (Å²) in [5, 5.41) is 10.4. The number of para-hydroxylation sites is 1. The molecule has 0 spiro atoms. The van der Waals surface area contributed by atoms with Crippen LogP contribution in [0.2, 0.25) is 0 Å². The molecule has 1 atom stereocenters. The fraction of sp³-hybridized carbons (Fsp3) is 0.346. The number of carbonyl (C=O) groups is 1. The van der Waals surface area contributed by atoms with E-state index in [1.165, 1.54) is 6.08 Å². The van der Waals surface area contributed by atoms with Crippen molar-refractivity contribution in [3.63, 3.8) is 0 Å². The van der Waals surface area contributed by atoms with Gasteiger partial charge in [-0.2, -0.15) is 15.2 Å². The van der Waals surface area contributed by atoms with E-state index in [2.05, 4.69) is 51.7 Å². The molecule has 9 nitrogen and oxygen atoms in total. The lowest BCUT2D eigenvalue weighted by molar-refractivity contribution is -0.128. The smallest absolute Gasteiger partial charge is 0.318 e. The lowest BCUT2D eigenvalue weighted by Crippen LogP contribution is -2.55. The third-order valence-corrected chi connectivity index (χ3v) is 6.72. The summed E-state index contributed by atoms with van der Waals surface area (Å²) in [6, 6.07) is 12.6. The number of pyridine rings is 1. The van der Waals surface area contributed by atoms with E-state index in [4.69, 9.17) is 14.7 Å². The average molecular weight is 470 g/mol. The van der Waals surface area contributed by atoms with Gasteiger partial charge in [-0.15, -0.1) is 0 Å². The molecule has 1 amide bonds. The first-order chi connectivity index (χ1) is 17.1. The van der Waals surface area contributed by atoms with E-state index in [0.717, 1.165) is 46.6 Å². The fourth-order valence-electron chi connectivity index (χ4n) is 5.03. The molecule has 35 heavy (non-hydrogen) atoms. The Balaban J connectivity index is 1.47. The van der Waals surface area contributed by atoms with E-state index in [9.17, 15) is 10.1 Å². The minimum Gasteiger partial charge on any atom is -0.467 e. The van der Waals surface area contributed by atoms with Crippen molar-refractivity contribution in [3.05, 3.63) is 60.4 Å². The molecule has 0 saturated carbocycles. The number of nitrogens with zero attached hydrogens (tertiary/aromatic N) is 7. The molecule has 0 radical (unpaired) electrons. The standard InChI is InChI=1S/C26H27N7O2/c1-3-23(34)33-15-14-32(16-19(33)9-11-27)25-20-10-13-31(17-21(20)29-26(30-25)35-2)22-8-4-6-18-7-5-12-28-24(18)22/h3-8,12,19H,1,9-10,13-17H2,2H3. The largest absolute Gasteiger partial charge is 0.467 e. The van der Waals surface area contributed by atoms with Crippen molar-refractivity contribution in [2.45, 2.75) is 25.4 Å². The van der Waals surface area contributed by atoms with Gasteiger partial charge < -0.3 is 19.4 Å². The van der Waals surface area contributed by atoms with Crippen molar-refractivity contribution in [2.75, 3.05) is 43.1 Å². The molecule has 2 aliphatic rings. The monoisotopic (exact) mass is 469 g/mol. The summed E-state index contributed by atoms with van der Waals surface area (Å²) in [5.74, 6) is 0.683.